The van der Waals surface area contributed by atoms with Crippen molar-refractivity contribution in [1.29, 1.82) is 0 Å². The summed E-state index contributed by atoms with van der Waals surface area (Å²) in [6, 6.07) is 0. The highest BCUT2D eigenvalue weighted by Gasteiger charge is 2.15. The van der Waals surface area contributed by atoms with Crippen LogP contribution in [0.5, 0.6) is 0 Å². The van der Waals surface area contributed by atoms with E-state index in [0.29, 0.717) is 16.9 Å². The van der Waals surface area contributed by atoms with Gasteiger partial charge in [-0.2, -0.15) is 0 Å². The van der Waals surface area contributed by atoms with Gasteiger partial charge in [-0.05, 0) is 17.9 Å². The van der Waals surface area contributed by atoms with Crippen LogP contribution < -0.4 is 0 Å². The molecule has 0 spiro atoms. The van der Waals surface area contributed by atoms with E-state index in [1.807, 2.05) is 6.08 Å². The minimum Gasteiger partial charge on any atom is -0.507 e. The SMILES string of the molecule is CC1C=C(O)C(Cl)=CC1C. The Balaban J connectivity index is 2.83. The van der Waals surface area contributed by atoms with Crippen molar-refractivity contribution in [3.63, 3.8) is 0 Å². The zero-order valence-corrected chi connectivity index (χ0v) is 6.89. The lowest BCUT2D eigenvalue weighted by Crippen LogP contribution is -2.08. The van der Waals surface area contributed by atoms with Crippen LogP contribution in [0.4, 0.5) is 0 Å². The van der Waals surface area contributed by atoms with E-state index in [9.17, 15) is 0 Å². The molecule has 2 atom stereocenters. The molecule has 0 aromatic rings. The summed E-state index contributed by atoms with van der Waals surface area (Å²) in [7, 11) is 0. The number of hydrogen-bond donors (Lipinski definition) is 1. The molecule has 0 saturated heterocycles. The fourth-order valence-corrected chi connectivity index (χ4v) is 1.21. The molecule has 0 aromatic carbocycles. The Bertz CT molecular complexity index is 171. The van der Waals surface area contributed by atoms with Crippen molar-refractivity contribution in [2.24, 2.45) is 11.8 Å². The lowest BCUT2D eigenvalue weighted by atomic mass is 9.91. The van der Waals surface area contributed by atoms with Crippen LogP contribution in [0.2, 0.25) is 0 Å². The van der Waals surface area contributed by atoms with Gasteiger partial charge in [-0.25, -0.2) is 0 Å². The van der Waals surface area contributed by atoms with E-state index in [1.165, 1.54) is 0 Å². The van der Waals surface area contributed by atoms with Gasteiger partial charge in [0, 0.05) is 0 Å². The Labute approximate surface area is 66.0 Å². The van der Waals surface area contributed by atoms with E-state index < -0.39 is 0 Å². The molecule has 56 valence electrons. The first kappa shape index (κ1) is 7.67. The van der Waals surface area contributed by atoms with Crippen LogP contribution in [0.25, 0.3) is 0 Å². The van der Waals surface area contributed by atoms with Gasteiger partial charge in [-0.15, -0.1) is 0 Å². The summed E-state index contributed by atoms with van der Waals surface area (Å²) in [5.74, 6) is 1.04. The van der Waals surface area contributed by atoms with Gasteiger partial charge in [0.05, 0.1) is 5.03 Å². The van der Waals surface area contributed by atoms with E-state index >= 15 is 0 Å². The molecule has 0 aliphatic heterocycles. The Hall–Kier alpha value is -0.430. The molecule has 0 heterocycles. The number of aliphatic hydroxyl groups excluding tert-OH is 1. The maximum atomic E-state index is 9.13. The highest BCUT2D eigenvalue weighted by Crippen LogP contribution is 2.27. The third-order valence-electron chi connectivity index (χ3n) is 1.90. The van der Waals surface area contributed by atoms with Gasteiger partial charge in [-0.1, -0.05) is 31.5 Å². The predicted octanol–water partition coefficient (Wildman–Crippen LogP) is 2.84. The highest BCUT2D eigenvalue weighted by molar-refractivity contribution is 6.31. The first-order valence-electron chi connectivity index (χ1n) is 3.39. The summed E-state index contributed by atoms with van der Waals surface area (Å²) >= 11 is 5.67. The van der Waals surface area contributed by atoms with Crippen molar-refractivity contribution in [2.75, 3.05) is 0 Å². The molecule has 1 aliphatic rings. The van der Waals surface area contributed by atoms with Gasteiger partial charge in [0.2, 0.25) is 0 Å². The molecule has 0 amide bonds. The number of halogens is 1. The molecular weight excluding hydrogens is 148 g/mol. The second kappa shape index (κ2) is 2.67. The number of allylic oxidation sites excluding steroid dienone is 3. The van der Waals surface area contributed by atoms with Gasteiger partial charge in [0.15, 0.2) is 0 Å². The maximum Gasteiger partial charge on any atom is 0.130 e. The fraction of sp³-hybridized carbons (Fsp3) is 0.500. The third-order valence-corrected chi connectivity index (χ3v) is 2.22. The van der Waals surface area contributed by atoms with Gasteiger partial charge in [0.25, 0.3) is 0 Å². The number of aliphatic hydroxyl groups is 1. The number of hydrogen-bond acceptors (Lipinski definition) is 1. The van der Waals surface area contributed by atoms with Crippen molar-refractivity contribution in [3.8, 4) is 0 Å². The minimum absolute atomic E-state index is 0.215. The van der Waals surface area contributed by atoms with Crippen LogP contribution in [0.1, 0.15) is 13.8 Å². The summed E-state index contributed by atoms with van der Waals surface area (Å²) in [4.78, 5) is 0. The molecule has 1 nitrogen and oxygen atoms in total. The monoisotopic (exact) mass is 158 g/mol. The first-order chi connectivity index (χ1) is 4.61. The minimum atomic E-state index is 0.215. The van der Waals surface area contributed by atoms with Gasteiger partial charge >= 0.3 is 0 Å². The van der Waals surface area contributed by atoms with Crippen LogP contribution in [0, 0.1) is 11.8 Å². The zero-order valence-electron chi connectivity index (χ0n) is 6.13. The van der Waals surface area contributed by atoms with E-state index in [1.54, 1.807) is 6.08 Å². The van der Waals surface area contributed by atoms with Crippen molar-refractivity contribution in [2.45, 2.75) is 13.8 Å². The highest BCUT2D eigenvalue weighted by atomic mass is 35.5. The second-order valence-corrected chi connectivity index (χ2v) is 3.19. The van der Waals surface area contributed by atoms with Crippen molar-refractivity contribution >= 4 is 11.6 Å². The summed E-state index contributed by atoms with van der Waals surface area (Å²) in [5.41, 5.74) is 0. The summed E-state index contributed by atoms with van der Waals surface area (Å²) < 4.78 is 0. The predicted molar refractivity (Wildman–Crippen MR) is 43.0 cm³/mol. The molecule has 1 N–H and O–H groups in total. The normalized spacial score (nSPS) is 33.1. The molecule has 0 aromatic heterocycles. The van der Waals surface area contributed by atoms with Crippen molar-refractivity contribution in [1.82, 2.24) is 0 Å². The van der Waals surface area contributed by atoms with Gasteiger partial charge in [0.1, 0.15) is 5.76 Å². The number of rotatable bonds is 0. The summed E-state index contributed by atoms with van der Waals surface area (Å²) in [6.07, 6.45) is 3.66. The molecule has 0 radical (unpaired) electrons. The molecule has 0 fully saturated rings. The Morgan fingerprint density at radius 1 is 1.30 bits per heavy atom. The third kappa shape index (κ3) is 1.35. The average molecular weight is 159 g/mol. The van der Waals surface area contributed by atoms with Gasteiger partial charge < -0.3 is 5.11 Å². The van der Waals surface area contributed by atoms with E-state index in [-0.39, 0.29) is 5.76 Å². The van der Waals surface area contributed by atoms with Crippen LogP contribution in [-0.4, -0.2) is 5.11 Å². The zero-order chi connectivity index (χ0) is 7.72. The molecule has 0 saturated carbocycles. The Morgan fingerprint density at radius 3 is 2.30 bits per heavy atom. The molecule has 1 aliphatic carbocycles. The largest absolute Gasteiger partial charge is 0.507 e. The summed E-state index contributed by atoms with van der Waals surface area (Å²) in [5, 5.41) is 9.60. The van der Waals surface area contributed by atoms with Crippen LogP contribution in [0.3, 0.4) is 0 Å². The lowest BCUT2D eigenvalue weighted by Gasteiger charge is -2.18. The summed E-state index contributed by atoms with van der Waals surface area (Å²) in [6.45, 7) is 4.14. The topological polar surface area (TPSA) is 20.2 Å². The fourth-order valence-electron chi connectivity index (χ4n) is 0.948. The molecule has 1 rings (SSSR count). The van der Waals surface area contributed by atoms with Crippen molar-refractivity contribution in [3.05, 3.63) is 22.9 Å². The molecule has 0 bridgehead atoms. The molecule has 2 heteroatoms. The average Bonchev–Trinajstić information content (AvgIpc) is 1.84. The molecule has 10 heavy (non-hydrogen) atoms. The Kier molecular flexibility index (Phi) is 2.05. The first-order valence-corrected chi connectivity index (χ1v) is 3.77. The van der Waals surface area contributed by atoms with E-state index in [4.69, 9.17) is 16.7 Å². The quantitative estimate of drug-likeness (QED) is 0.575. The second-order valence-electron chi connectivity index (χ2n) is 2.78. The standard InChI is InChI=1S/C8H11ClO/c1-5-3-7(9)8(10)4-6(5)2/h3-6,10H,1-2H3. The maximum absolute atomic E-state index is 9.13. The lowest BCUT2D eigenvalue weighted by molar-refractivity contribution is 0.403. The Morgan fingerprint density at radius 2 is 1.80 bits per heavy atom. The molecular formula is C8H11ClO. The van der Waals surface area contributed by atoms with E-state index in [0.717, 1.165) is 0 Å². The molecule has 2 unspecified atom stereocenters. The van der Waals surface area contributed by atoms with Gasteiger partial charge in [-0.3, -0.25) is 0 Å². The van der Waals surface area contributed by atoms with Crippen LogP contribution in [0.15, 0.2) is 22.9 Å². The smallest absolute Gasteiger partial charge is 0.130 e. The van der Waals surface area contributed by atoms with Crippen LogP contribution >= 0.6 is 11.6 Å². The van der Waals surface area contributed by atoms with E-state index in [2.05, 4.69) is 13.8 Å². The van der Waals surface area contributed by atoms with Crippen LogP contribution in [-0.2, 0) is 0 Å². The van der Waals surface area contributed by atoms with Crippen molar-refractivity contribution < 1.29 is 5.11 Å².